The molecule has 0 unspecified atom stereocenters. The summed E-state index contributed by atoms with van der Waals surface area (Å²) < 4.78 is 5.40. The van der Waals surface area contributed by atoms with Crippen molar-refractivity contribution in [3.05, 3.63) is 46.5 Å². The Hall–Kier alpha value is -1.24. The molecular formula is C17H21NO3S2. The van der Waals surface area contributed by atoms with E-state index in [-0.39, 0.29) is 12.5 Å². The largest absolute Gasteiger partial charge is 0.466 e. The van der Waals surface area contributed by atoms with Crippen molar-refractivity contribution in [1.82, 2.24) is 5.32 Å². The molecule has 0 bridgehead atoms. The molecule has 1 aliphatic rings. The molecule has 0 spiro atoms. The molecule has 2 N–H and O–H groups in total. The Kier molecular flexibility index (Phi) is 5.46. The topological polar surface area (TPSA) is 62.5 Å². The highest BCUT2D eigenvalue weighted by molar-refractivity contribution is 8.00. The van der Waals surface area contributed by atoms with Gasteiger partial charge in [-0.25, -0.2) is 0 Å². The van der Waals surface area contributed by atoms with E-state index in [0.717, 1.165) is 4.88 Å². The Bertz CT molecular complexity index is 570. The number of nitrogens with one attached hydrogen (secondary N) is 1. The van der Waals surface area contributed by atoms with Crippen LogP contribution in [0.15, 0.2) is 40.3 Å². The highest BCUT2D eigenvalue weighted by Gasteiger charge is 2.36. The molecule has 0 radical (unpaired) electrons. The first-order valence-corrected chi connectivity index (χ1v) is 9.80. The molecule has 2 aromatic heterocycles. The van der Waals surface area contributed by atoms with Gasteiger partial charge in [-0.05, 0) is 36.4 Å². The molecule has 23 heavy (non-hydrogen) atoms. The maximum absolute atomic E-state index is 12.1. The average Bonchev–Trinajstić information content (AvgIpc) is 3.33. The van der Waals surface area contributed by atoms with Crippen LogP contribution in [0, 0.1) is 0 Å². The lowest BCUT2D eigenvalue weighted by molar-refractivity contribution is -0.119. The van der Waals surface area contributed by atoms with Gasteiger partial charge in [-0.15, -0.1) is 23.1 Å². The predicted octanol–water partition coefficient (Wildman–Crippen LogP) is 3.37. The van der Waals surface area contributed by atoms with Crippen molar-refractivity contribution in [2.75, 3.05) is 12.3 Å². The van der Waals surface area contributed by atoms with Crippen molar-refractivity contribution in [3.8, 4) is 0 Å². The van der Waals surface area contributed by atoms with E-state index < -0.39 is 5.60 Å². The summed E-state index contributed by atoms with van der Waals surface area (Å²) in [4.78, 5) is 12.9. The molecule has 1 amide bonds. The number of hydrogen-bond acceptors (Lipinski definition) is 5. The average molecular weight is 351 g/mol. The van der Waals surface area contributed by atoms with Crippen molar-refractivity contribution in [3.63, 3.8) is 0 Å². The Labute approximate surface area is 144 Å². The van der Waals surface area contributed by atoms with Gasteiger partial charge < -0.3 is 14.8 Å². The van der Waals surface area contributed by atoms with E-state index in [1.807, 2.05) is 17.5 Å². The van der Waals surface area contributed by atoms with Gasteiger partial charge in [-0.3, -0.25) is 4.79 Å². The van der Waals surface area contributed by atoms with E-state index >= 15 is 0 Å². The number of carbonyl (C=O) groups excluding carboxylic acids is 1. The fourth-order valence-electron chi connectivity index (χ4n) is 2.85. The molecule has 1 fully saturated rings. The van der Waals surface area contributed by atoms with Gasteiger partial charge >= 0.3 is 0 Å². The van der Waals surface area contributed by atoms with Crippen LogP contribution in [0.25, 0.3) is 0 Å². The van der Waals surface area contributed by atoms with Crippen LogP contribution in [0.1, 0.15) is 36.3 Å². The number of carbonyl (C=O) groups is 1. The summed E-state index contributed by atoms with van der Waals surface area (Å²) in [5.74, 6) is 0.857. The minimum Gasteiger partial charge on any atom is -0.466 e. The molecule has 1 aliphatic carbocycles. The fourth-order valence-corrected chi connectivity index (χ4v) is 4.83. The second-order valence-electron chi connectivity index (χ2n) is 5.81. The number of hydrogen-bond donors (Lipinski definition) is 2. The highest BCUT2D eigenvalue weighted by atomic mass is 32.2. The molecule has 2 heterocycles. The van der Waals surface area contributed by atoms with Crippen LogP contribution in [0.5, 0.6) is 0 Å². The minimum absolute atomic E-state index is 0.0385. The van der Waals surface area contributed by atoms with Crippen LogP contribution < -0.4 is 5.32 Å². The predicted molar refractivity (Wildman–Crippen MR) is 93.7 cm³/mol. The van der Waals surface area contributed by atoms with Gasteiger partial charge in [0.05, 0.1) is 18.6 Å². The maximum Gasteiger partial charge on any atom is 0.230 e. The summed E-state index contributed by atoms with van der Waals surface area (Å²) in [5.41, 5.74) is -1.31. The number of thioether (sulfide) groups is 1. The molecule has 0 aromatic carbocycles. The van der Waals surface area contributed by atoms with Crippen molar-refractivity contribution in [2.45, 2.75) is 36.5 Å². The molecule has 1 saturated carbocycles. The molecular weight excluding hydrogens is 330 g/mol. The zero-order chi connectivity index (χ0) is 16.1. The van der Waals surface area contributed by atoms with Crippen LogP contribution in [0.4, 0.5) is 0 Å². The van der Waals surface area contributed by atoms with Crippen LogP contribution in [-0.4, -0.2) is 28.6 Å². The summed E-state index contributed by atoms with van der Waals surface area (Å²) in [6.07, 6.45) is 6.50. The van der Waals surface area contributed by atoms with Gasteiger partial charge in [-0.2, -0.15) is 0 Å². The van der Waals surface area contributed by atoms with Gasteiger partial charge in [0.15, 0.2) is 5.60 Å². The zero-order valence-corrected chi connectivity index (χ0v) is 14.5. The van der Waals surface area contributed by atoms with E-state index in [9.17, 15) is 9.90 Å². The summed E-state index contributed by atoms with van der Waals surface area (Å²) in [7, 11) is 0. The van der Waals surface area contributed by atoms with Gasteiger partial charge in [-0.1, -0.05) is 18.9 Å². The van der Waals surface area contributed by atoms with Crippen LogP contribution in [0.2, 0.25) is 0 Å². The second-order valence-corrected chi connectivity index (χ2v) is 8.05. The third kappa shape index (κ3) is 4.00. The third-order valence-electron chi connectivity index (χ3n) is 4.15. The zero-order valence-electron chi connectivity index (χ0n) is 12.9. The van der Waals surface area contributed by atoms with E-state index in [2.05, 4.69) is 5.32 Å². The molecule has 3 rings (SSSR count). The van der Waals surface area contributed by atoms with Crippen molar-refractivity contribution < 1.29 is 14.3 Å². The smallest absolute Gasteiger partial charge is 0.230 e. The van der Waals surface area contributed by atoms with E-state index in [4.69, 9.17) is 4.42 Å². The summed E-state index contributed by atoms with van der Waals surface area (Å²) in [6, 6.07) is 7.21. The Morgan fingerprint density at radius 3 is 2.87 bits per heavy atom. The molecule has 4 nitrogen and oxygen atoms in total. The lowest BCUT2D eigenvalue weighted by Crippen LogP contribution is -2.41. The van der Waals surface area contributed by atoms with Gasteiger partial charge in [0.2, 0.25) is 5.91 Å². The second kappa shape index (κ2) is 7.55. The minimum atomic E-state index is -1.31. The van der Waals surface area contributed by atoms with Crippen molar-refractivity contribution >= 4 is 29.0 Å². The summed E-state index contributed by atoms with van der Waals surface area (Å²) >= 11 is 3.17. The Balaban J connectivity index is 1.60. The number of furan rings is 1. The first-order valence-electron chi connectivity index (χ1n) is 7.87. The van der Waals surface area contributed by atoms with E-state index in [0.29, 0.717) is 16.8 Å². The summed E-state index contributed by atoms with van der Waals surface area (Å²) in [5, 5.41) is 16.4. The van der Waals surface area contributed by atoms with Crippen LogP contribution >= 0.6 is 23.1 Å². The van der Waals surface area contributed by atoms with Crippen LogP contribution in [0.3, 0.4) is 0 Å². The maximum atomic E-state index is 12.1. The van der Waals surface area contributed by atoms with Crippen molar-refractivity contribution in [2.24, 2.45) is 0 Å². The van der Waals surface area contributed by atoms with E-state index in [1.165, 1.54) is 43.3 Å². The van der Waals surface area contributed by atoms with Crippen molar-refractivity contribution in [1.29, 1.82) is 0 Å². The molecule has 0 aliphatic heterocycles. The monoisotopic (exact) mass is 351 g/mol. The standard InChI is InChI=1S/C17H21NO3S2/c19-16(11-23-13-5-1-2-6-13)18-12-17(20,14-7-3-9-21-14)15-8-4-10-22-15/h3-4,7-10,13,20H,1-2,5-6,11-12H2,(H,18,19)/t17-/m1/s1. The SMILES string of the molecule is O=C(CSC1CCCC1)NC[C@@](O)(c1ccco1)c1cccs1. The molecule has 124 valence electrons. The molecule has 0 saturated heterocycles. The third-order valence-corrected chi connectivity index (χ3v) is 6.54. The lowest BCUT2D eigenvalue weighted by Gasteiger charge is -2.25. The van der Waals surface area contributed by atoms with Gasteiger partial charge in [0.25, 0.3) is 0 Å². The number of aliphatic hydroxyl groups is 1. The normalized spacial score (nSPS) is 18.0. The number of rotatable bonds is 7. The number of thiophene rings is 1. The van der Waals surface area contributed by atoms with Crippen LogP contribution in [-0.2, 0) is 10.4 Å². The quantitative estimate of drug-likeness (QED) is 0.803. The highest BCUT2D eigenvalue weighted by Crippen LogP contribution is 2.33. The first kappa shape index (κ1) is 16.6. The first-order chi connectivity index (χ1) is 11.2. The van der Waals surface area contributed by atoms with Gasteiger partial charge in [0, 0.05) is 10.1 Å². The number of amides is 1. The Morgan fingerprint density at radius 1 is 1.39 bits per heavy atom. The molecule has 6 heteroatoms. The van der Waals surface area contributed by atoms with Gasteiger partial charge in [0.1, 0.15) is 5.76 Å². The summed E-state index contributed by atoms with van der Waals surface area (Å²) in [6.45, 7) is 0.116. The van der Waals surface area contributed by atoms with E-state index in [1.54, 1.807) is 23.9 Å². The molecule has 2 aromatic rings. The molecule has 1 atom stereocenters. The fraction of sp³-hybridized carbons (Fsp3) is 0.471. The lowest BCUT2D eigenvalue weighted by atomic mass is 9.98. The Morgan fingerprint density at radius 2 is 2.22 bits per heavy atom.